The summed E-state index contributed by atoms with van der Waals surface area (Å²) in [4.78, 5) is 28.4. The van der Waals surface area contributed by atoms with Crippen LogP contribution in [-0.4, -0.2) is 37.3 Å². The van der Waals surface area contributed by atoms with Crippen molar-refractivity contribution < 1.29 is 14.0 Å². The molecule has 0 saturated heterocycles. The summed E-state index contributed by atoms with van der Waals surface area (Å²) in [5.41, 5.74) is -0.0321. The van der Waals surface area contributed by atoms with E-state index in [9.17, 15) is 14.0 Å². The van der Waals surface area contributed by atoms with Crippen molar-refractivity contribution in [2.75, 3.05) is 11.1 Å². The van der Waals surface area contributed by atoms with Gasteiger partial charge in [0, 0.05) is 18.1 Å². The molecule has 1 unspecified atom stereocenters. The summed E-state index contributed by atoms with van der Waals surface area (Å²) in [5.74, 6) is -0.638. The molecule has 0 saturated carbocycles. The molecule has 0 fully saturated rings. The van der Waals surface area contributed by atoms with E-state index in [1.807, 2.05) is 11.5 Å². The quantitative estimate of drug-likeness (QED) is 0.528. The number of carbonyl (C=O) groups excluding carboxylic acids is 2. The van der Waals surface area contributed by atoms with E-state index in [0.29, 0.717) is 22.7 Å². The highest BCUT2D eigenvalue weighted by Gasteiger charge is 2.21. The predicted molar refractivity (Wildman–Crippen MR) is 109 cm³/mol. The average molecular weight is 435 g/mol. The number of amides is 2. The topological polar surface area (TPSA) is 102 Å². The average Bonchev–Trinajstić information content (AvgIpc) is 3.35. The van der Waals surface area contributed by atoms with Crippen molar-refractivity contribution in [2.24, 2.45) is 0 Å². The number of thioether (sulfide) groups is 1. The minimum Gasteiger partial charge on any atom is -0.342 e. The Morgan fingerprint density at radius 2 is 2.10 bits per heavy atom. The van der Waals surface area contributed by atoms with Gasteiger partial charge < -0.3 is 15.2 Å². The summed E-state index contributed by atoms with van der Waals surface area (Å²) in [5, 5.41) is 16.6. The second-order valence-electron chi connectivity index (χ2n) is 5.93. The maximum Gasteiger partial charge on any atom is 0.254 e. The van der Waals surface area contributed by atoms with Crippen molar-refractivity contribution in [1.29, 1.82) is 0 Å². The van der Waals surface area contributed by atoms with Gasteiger partial charge in [-0.2, -0.15) is 0 Å². The molecular formula is C18H19FN6O2S2. The largest absolute Gasteiger partial charge is 0.342 e. The van der Waals surface area contributed by atoms with Gasteiger partial charge >= 0.3 is 0 Å². The first-order valence-corrected chi connectivity index (χ1v) is 10.7. The maximum atomic E-state index is 13.8. The predicted octanol–water partition coefficient (Wildman–Crippen LogP) is 3.12. The Kier molecular flexibility index (Phi) is 6.94. The van der Waals surface area contributed by atoms with Gasteiger partial charge in [0.1, 0.15) is 5.82 Å². The number of thiazole rings is 1. The maximum absolute atomic E-state index is 13.8. The van der Waals surface area contributed by atoms with Gasteiger partial charge in [-0.05, 0) is 26.0 Å². The summed E-state index contributed by atoms with van der Waals surface area (Å²) in [6.45, 7) is 4.22. The van der Waals surface area contributed by atoms with Crippen LogP contribution in [0.1, 0.15) is 36.1 Å². The zero-order valence-corrected chi connectivity index (χ0v) is 17.4. The molecule has 0 spiro atoms. The van der Waals surface area contributed by atoms with Gasteiger partial charge in [0.05, 0.1) is 17.4 Å². The van der Waals surface area contributed by atoms with Crippen LogP contribution < -0.4 is 10.6 Å². The Morgan fingerprint density at radius 1 is 1.31 bits per heavy atom. The SMILES string of the molecule is CCn1c(SCC(=O)Nc2nccs2)nnc1C(C)NC(=O)c1ccccc1F. The van der Waals surface area contributed by atoms with Crippen LogP contribution in [0.2, 0.25) is 0 Å². The molecule has 0 radical (unpaired) electrons. The molecule has 152 valence electrons. The van der Waals surface area contributed by atoms with Gasteiger partial charge in [0.25, 0.3) is 5.91 Å². The van der Waals surface area contributed by atoms with E-state index in [1.165, 1.54) is 41.3 Å². The molecule has 2 aromatic heterocycles. The van der Waals surface area contributed by atoms with Crippen molar-refractivity contribution in [3.05, 3.63) is 53.0 Å². The Hall–Kier alpha value is -2.79. The zero-order chi connectivity index (χ0) is 20.8. The molecule has 2 amide bonds. The number of benzene rings is 1. The number of rotatable bonds is 8. The standard InChI is InChI=1S/C18H19FN6O2S2/c1-3-25-15(11(2)21-16(27)12-6-4-5-7-13(12)19)23-24-18(25)29-10-14(26)22-17-20-8-9-28-17/h4-9,11H,3,10H2,1-2H3,(H,21,27)(H,20,22,26). The normalized spacial score (nSPS) is 11.8. The molecule has 0 aliphatic heterocycles. The monoisotopic (exact) mass is 434 g/mol. The van der Waals surface area contributed by atoms with E-state index in [1.54, 1.807) is 24.6 Å². The summed E-state index contributed by atoms with van der Waals surface area (Å²) in [7, 11) is 0. The van der Waals surface area contributed by atoms with Crippen LogP contribution >= 0.6 is 23.1 Å². The van der Waals surface area contributed by atoms with Gasteiger partial charge in [-0.1, -0.05) is 23.9 Å². The molecule has 3 rings (SSSR count). The smallest absolute Gasteiger partial charge is 0.254 e. The fraction of sp³-hybridized carbons (Fsp3) is 0.278. The number of carbonyl (C=O) groups is 2. The Balaban J connectivity index is 1.64. The number of hydrogen-bond donors (Lipinski definition) is 2. The molecule has 1 atom stereocenters. The van der Waals surface area contributed by atoms with Crippen molar-refractivity contribution in [3.63, 3.8) is 0 Å². The highest BCUT2D eigenvalue weighted by Crippen LogP contribution is 2.21. The van der Waals surface area contributed by atoms with Gasteiger partial charge in [-0.25, -0.2) is 9.37 Å². The van der Waals surface area contributed by atoms with Crippen LogP contribution in [0.4, 0.5) is 9.52 Å². The molecule has 11 heteroatoms. The third-order valence-electron chi connectivity index (χ3n) is 3.93. The lowest BCUT2D eigenvalue weighted by Crippen LogP contribution is -2.29. The first-order valence-electron chi connectivity index (χ1n) is 8.80. The lowest BCUT2D eigenvalue weighted by atomic mass is 10.2. The molecule has 8 nitrogen and oxygen atoms in total. The van der Waals surface area contributed by atoms with E-state index in [4.69, 9.17) is 0 Å². The Bertz CT molecular complexity index is 992. The number of nitrogens with zero attached hydrogens (tertiary/aromatic N) is 4. The Labute approximate surface area is 174 Å². The number of hydrogen-bond acceptors (Lipinski definition) is 7. The van der Waals surface area contributed by atoms with Crippen LogP contribution in [0, 0.1) is 5.82 Å². The molecule has 2 heterocycles. The summed E-state index contributed by atoms with van der Waals surface area (Å²) in [6.07, 6.45) is 1.62. The van der Waals surface area contributed by atoms with Crippen LogP contribution in [0.3, 0.4) is 0 Å². The number of anilines is 1. The fourth-order valence-electron chi connectivity index (χ4n) is 2.58. The van der Waals surface area contributed by atoms with Crippen LogP contribution in [-0.2, 0) is 11.3 Å². The second kappa shape index (κ2) is 9.61. The summed E-state index contributed by atoms with van der Waals surface area (Å²) < 4.78 is 15.6. The van der Waals surface area contributed by atoms with Crippen LogP contribution in [0.5, 0.6) is 0 Å². The third-order valence-corrected chi connectivity index (χ3v) is 5.58. The van der Waals surface area contributed by atoms with E-state index in [0.717, 1.165) is 0 Å². The minimum atomic E-state index is -0.586. The summed E-state index contributed by atoms with van der Waals surface area (Å²) >= 11 is 2.58. The number of aromatic nitrogens is 4. The zero-order valence-electron chi connectivity index (χ0n) is 15.8. The van der Waals surface area contributed by atoms with Gasteiger partial charge in [0.2, 0.25) is 5.91 Å². The van der Waals surface area contributed by atoms with Gasteiger partial charge in [-0.3, -0.25) is 9.59 Å². The molecule has 1 aromatic carbocycles. The Morgan fingerprint density at radius 3 is 2.79 bits per heavy atom. The molecule has 0 aliphatic carbocycles. The first kappa shape index (κ1) is 20.9. The molecule has 2 N–H and O–H groups in total. The molecule has 3 aromatic rings. The van der Waals surface area contributed by atoms with Gasteiger partial charge in [0.15, 0.2) is 16.1 Å². The lowest BCUT2D eigenvalue weighted by Gasteiger charge is -2.15. The first-order chi connectivity index (χ1) is 14.0. The number of halogens is 1. The lowest BCUT2D eigenvalue weighted by molar-refractivity contribution is -0.113. The van der Waals surface area contributed by atoms with E-state index in [2.05, 4.69) is 25.8 Å². The minimum absolute atomic E-state index is 0.0321. The molecular weight excluding hydrogens is 415 g/mol. The highest BCUT2D eigenvalue weighted by molar-refractivity contribution is 7.99. The van der Waals surface area contributed by atoms with Crippen LogP contribution in [0.15, 0.2) is 41.0 Å². The number of nitrogens with one attached hydrogen (secondary N) is 2. The molecule has 0 bridgehead atoms. The second-order valence-corrected chi connectivity index (χ2v) is 7.77. The fourth-order valence-corrected chi connectivity index (χ4v) is 3.93. The highest BCUT2D eigenvalue weighted by atomic mass is 32.2. The van der Waals surface area contributed by atoms with Crippen molar-refractivity contribution in [2.45, 2.75) is 31.6 Å². The van der Waals surface area contributed by atoms with Crippen molar-refractivity contribution in [3.8, 4) is 0 Å². The van der Waals surface area contributed by atoms with Crippen molar-refractivity contribution >= 4 is 40.0 Å². The third kappa shape index (κ3) is 5.18. The van der Waals surface area contributed by atoms with Crippen molar-refractivity contribution in [1.82, 2.24) is 25.1 Å². The molecule has 29 heavy (non-hydrogen) atoms. The van der Waals surface area contributed by atoms with E-state index < -0.39 is 17.8 Å². The molecule has 0 aliphatic rings. The van der Waals surface area contributed by atoms with Crippen LogP contribution in [0.25, 0.3) is 0 Å². The van der Waals surface area contributed by atoms with E-state index >= 15 is 0 Å². The summed E-state index contributed by atoms with van der Waals surface area (Å²) in [6, 6.07) is 5.29. The van der Waals surface area contributed by atoms with E-state index in [-0.39, 0.29) is 17.2 Å². The van der Waals surface area contributed by atoms with Gasteiger partial charge in [-0.15, -0.1) is 21.5 Å².